The Hall–Kier alpha value is -6.36. The molecule has 4 heteroatoms. The fourth-order valence-electron chi connectivity index (χ4n) is 11.4. The first-order valence-electron chi connectivity index (χ1n) is 21.5. The van der Waals surface area contributed by atoms with Gasteiger partial charge in [0.05, 0.1) is 44.8 Å². The zero-order chi connectivity index (χ0) is 41.6. The lowest BCUT2D eigenvalue weighted by Crippen LogP contribution is -2.30. The van der Waals surface area contributed by atoms with Gasteiger partial charge in [-0.3, -0.25) is 0 Å². The number of hydrogen-bond donors (Lipinski definition) is 0. The maximum atomic E-state index is 3.63. The molecule has 8 aromatic carbocycles. The van der Waals surface area contributed by atoms with Crippen LogP contribution in [0, 0.1) is 0 Å². The molecule has 0 bridgehead atoms. The number of aromatic nitrogens is 2. The molecule has 0 atom stereocenters. The van der Waals surface area contributed by atoms with Crippen molar-refractivity contribution in [3.63, 3.8) is 0 Å². The molecule has 3 aliphatic heterocycles. The average Bonchev–Trinajstić information content (AvgIpc) is 3.78. The normalized spacial score (nSPS) is 15.6. The molecule has 0 unspecified atom stereocenters. The number of halogens is 1. The van der Waals surface area contributed by atoms with Gasteiger partial charge in [-0.25, -0.2) is 0 Å². The fraction of sp³-hybridized carbons (Fsp3) is 0.172. The molecule has 13 rings (SSSR count). The maximum Gasteiger partial charge on any atom is 0.0582 e. The maximum absolute atomic E-state index is 3.63. The van der Waals surface area contributed by atoms with Crippen LogP contribution in [0.1, 0.15) is 83.8 Å². The SMILES string of the molecule is C.CC1(C)c2ccccc2-n2c3ccc(Br)cc3c3cccc1c32.CC1(C)c2ccccc2N(c2ccc3c(c2)c2cccc4c2n3-c2ccccc2C4(C)C)c2ccccc21.[HH]. The monoisotopic (exact) mass is 869 g/mol. The van der Waals surface area contributed by atoms with Crippen LogP contribution in [-0.4, -0.2) is 9.13 Å². The van der Waals surface area contributed by atoms with Crippen molar-refractivity contribution < 1.29 is 1.43 Å². The van der Waals surface area contributed by atoms with Crippen molar-refractivity contribution in [2.24, 2.45) is 0 Å². The predicted molar refractivity (Wildman–Crippen MR) is 269 cm³/mol. The summed E-state index contributed by atoms with van der Waals surface area (Å²) >= 11 is 3.63. The molecule has 5 heterocycles. The van der Waals surface area contributed by atoms with Gasteiger partial charge in [0.2, 0.25) is 0 Å². The Morgan fingerprint density at radius 2 is 0.742 bits per heavy atom. The van der Waals surface area contributed by atoms with Gasteiger partial charge in [-0.1, -0.05) is 174 Å². The molecule has 0 radical (unpaired) electrons. The van der Waals surface area contributed by atoms with Gasteiger partial charge in [-0.15, -0.1) is 0 Å². The van der Waals surface area contributed by atoms with Crippen LogP contribution in [-0.2, 0) is 16.2 Å². The summed E-state index contributed by atoms with van der Waals surface area (Å²) in [5, 5.41) is 5.26. The molecule has 0 aliphatic carbocycles. The van der Waals surface area contributed by atoms with Crippen LogP contribution in [0.3, 0.4) is 0 Å². The van der Waals surface area contributed by atoms with E-state index in [1.165, 1.54) is 105 Å². The Balaban J connectivity index is 0.000000162. The predicted octanol–water partition coefficient (Wildman–Crippen LogP) is 16.6. The smallest absolute Gasteiger partial charge is 0.0582 e. The Morgan fingerprint density at radius 1 is 0.371 bits per heavy atom. The van der Waals surface area contributed by atoms with E-state index in [2.05, 4.69) is 241 Å². The van der Waals surface area contributed by atoms with Gasteiger partial charge in [0.25, 0.3) is 0 Å². The highest BCUT2D eigenvalue weighted by atomic mass is 79.9. The zero-order valence-electron chi connectivity index (χ0n) is 35.4. The van der Waals surface area contributed by atoms with Crippen LogP contribution in [0.15, 0.2) is 174 Å². The van der Waals surface area contributed by atoms with Gasteiger partial charge in [0.1, 0.15) is 0 Å². The largest absolute Gasteiger partial charge is 0.310 e. The van der Waals surface area contributed by atoms with E-state index in [0.29, 0.717) is 0 Å². The van der Waals surface area contributed by atoms with Crippen LogP contribution in [0.4, 0.5) is 17.1 Å². The second-order valence-corrected chi connectivity index (χ2v) is 19.6. The van der Waals surface area contributed by atoms with Gasteiger partial charge < -0.3 is 14.0 Å². The number of benzene rings is 8. The van der Waals surface area contributed by atoms with E-state index in [1.54, 1.807) is 0 Å². The van der Waals surface area contributed by atoms with Crippen molar-refractivity contribution in [3.05, 3.63) is 208 Å². The van der Waals surface area contributed by atoms with E-state index in [0.717, 1.165) is 4.47 Å². The third kappa shape index (κ3) is 5.05. The Morgan fingerprint density at radius 3 is 1.23 bits per heavy atom. The van der Waals surface area contributed by atoms with Crippen LogP contribution < -0.4 is 4.90 Å². The lowest BCUT2D eigenvalue weighted by Gasteiger charge is -2.42. The fourth-order valence-corrected chi connectivity index (χ4v) is 11.7. The minimum atomic E-state index is -0.0627. The molecule has 3 aliphatic rings. The molecule has 0 N–H and O–H groups in total. The average molecular weight is 871 g/mol. The molecule has 0 spiro atoms. The molecule has 62 heavy (non-hydrogen) atoms. The van der Waals surface area contributed by atoms with E-state index < -0.39 is 0 Å². The van der Waals surface area contributed by atoms with E-state index >= 15 is 0 Å². The van der Waals surface area contributed by atoms with Crippen molar-refractivity contribution in [2.45, 2.75) is 65.2 Å². The van der Waals surface area contributed by atoms with Gasteiger partial charge in [0.15, 0.2) is 0 Å². The van der Waals surface area contributed by atoms with E-state index in [4.69, 9.17) is 0 Å². The second kappa shape index (κ2) is 13.3. The van der Waals surface area contributed by atoms with Gasteiger partial charge in [-0.2, -0.15) is 0 Å². The lowest BCUT2D eigenvalue weighted by molar-refractivity contribution is 0.630. The summed E-state index contributed by atoms with van der Waals surface area (Å²) in [4.78, 5) is 2.46. The van der Waals surface area contributed by atoms with E-state index in [9.17, 15) is 0 Å². The highest BCUT2D eigenvalue weighted by Gasteiger charge is 2.38. The topological polar surface area (TPSA) is 13.1 Å². The summed E-state index contributed by atoms with van der Waals surface area (Å²) in [7, 11) is 0. The molecular formula is C58H52BrN3. The first kappa shape index (κ1) is 38.6. The summed E-state index contributed by atoms with van der Waals surface area (Å²) in [6, 6.07) is 62.7. The molecular weight excluding hydrogens is 819 g/mol. The van der Waals surface area contributed by atoms with Gasteiger partial charge >= 0.3 is 0 Å². The zero-order valence-corrected chi connectivity index (χ0v) is 37.0. The molecule has 0 fully saturated rings. The molecule has 2 aromatic heterocycles. The first-order valence-corrected chi connectivity index (χ1v) is 22.3. The van der Waals surface area contributed by atoms with E-state index in [-0.39, 0.29) is 25.1 Å². The number of fused-ring (bicyclic) bond motifs is 12. The quantitative estimate of drug-likeness (QED) is 0.160. The van der Waals surface area contributed by atoms with Crippen molar-refractivity contribution in [1.29, 1.82) is 0 Å². The molecule has 10 aromatic rings. The summed E-state index contributed by atoms with van der Waals surface area (Å²) in [5.41, 5.74) is 19.7. The highest BCUT2D eigenvalue weighted by Crippen LogP contribution is 2.54. The van der Waals surface area contributed by atoms with Gasteiger partial charge in [0, 0.05) is 49.4 Å². The van der Waals surface area contributed by atoms with Crippen molar-refractivity contribution in [3.8, 4) is 11.4 Å². The molecule has 3 nitrogen and oxygen atoms in total. The van der Waals surface area contributed by atoms with Crippen molar-refractivity contribution in [2.75, 3.05) is 4.90 Å². The summed E-state index contributed by atoms with van der Waals surface area (Å²) in [6.45, 7) is 14.1. The van der Waals surface area contributed by atoms with Crippen LogP contribution in [0.2, 0.25) is 0 Å². The molecule has 0 amide bonds. The van der Waals surface area contributed by atoms with Crippen LogP contribution >= 0.6 is 15.9 Å². The standard InChI is InChI=1S/C36H30N2.C21H16BrN.CH4.H2/c1-35(2)26-13-5-8-17-31(26)37(32-18-9-6-14-27(32)35)23-20-21-30-25(22-23)24-12-11-16-29-34(24)38(30)33-19-10-7-15-28(33)36(29,3)4;1-21(2)16-7-3-4-9-19(16)23-18-11-10-13(22)12-15(18)14-6-5-8-17(21)20(14)23;;/h5-22H,1-4H3;3-12H,1-2H3;1H4;1H. The minimum absolute atomic E-state index is 0. The van der Waals surface area contributed by atoms with Gasteiger partial charge in [-0.05, 0) is 94.0 Å². The summed E-state index contributed by atoms with van der Waals surface area (Å²) in [6.07, 6.45) is 0. The molecule has 0 saturated heterocycles. The van der Waals surface area contributed by atoms with Crippen LogP contribution in [0.25, 0.3) is 55.0 Å². The number of para-hydroxylation sites is 6. The number of nitrogens with zero attached hydrogens (tertiary/aromatic N) is 3. The third-order valence-electron chi connectivity index (χ3n) is 14.4. The molecule has 306 valence electrons. The summed E-state index contributed by atoms with van der Waals surface area (Å²) < 4.78 is 6.06. The van der Waals surface area contributed by atoms with Crippen molar-refractivity contribution >= 4 is 76.6 Å². The van der Waals surface area contributed by atoms with Crippen molar-refractivity contribution in [1.82, 2.24) is 9.13 Å². The Bertz CT molecular complexity index is 3440. The number of hydrogen-bond acceptors (Lipinski definition) is 1. The summed E-state index contributed by atoms with van der Waals surface area (Å²) in [5.74, 6) is 0. The number of rotatable bonds is 1. The Labute approximate surface area is 374 Å². The first-order chi connectivity index (χ1) is 29.5. The molecule has 0 saturated carbocycles. The van der Waals surface area contributed by atoms with E-state index in [1.807, 2.05) is 0 Å². The third-order valence-corrected chi connectivity index (χ3v) is 14.9. The lowest BCUT2D eigenvalue weighted by atomic mass is 9.73. The second-order valence-electron chi connectivity index (χ2n) is 18.7. The minimum Gasteiger partial charge on any atom is -0.310 e. The van der Waals surface area contributed by atoms with Crippen LogP contribution in [0.5, 0.6) is 0 Å². The number of anilines is 3. The Kier molecular flexibility index (Phi) is 8.28. The highest BCUT2D eigenvalue weighted by molar-refractivity contribution is 9.10.